The molecular weight excluding hydrogens is 264 g/mol. The van der Waals surface area contributed by atoms with E-state index < -0.39 is 0 Å². The van der Waals surface area contributed by atoms with Crippen molar-refractivity contribution in [1.29, 1.82) is 0 Å². The average Bonchev–Trinajstić information content (AvgIpc) is 2.54. The van der Waals surface area contributed by atoms with Gasteiger partial charge in [0.1, 0.15) is 9.86 Å². The molecule has 0 aromatic heterocycles. The van der Waals surface area contributed by atoms with Crippen molar-refractivity contribution < 1.29 is 4.74 Å². The van der Waals surface area contributed by atoms with Crippen molar-refractivity contribution in [3.63, 3.8) is 0 Å². The van der Waals surface area contributed by atoms with Crippen LogP contribution in [0.15, 0.2) is 30.3 Å². The molecule has 1 fully saturated rings. The molecule has 2 rings (SSSR count). The van der Waals surface area contributed by atoms with Crippen LogP contribution in [0, 0.1) is 5.21 Å². The van der Waals surface area contributed by atoms with E-state index >= 15 is 0 Å². The summed E-state index contributed by atoms with van der Waals surface area (Å²) in [7, 11) is 1.94. The Balaban J connectivity index is 2.27. The summed E-state index contributed by atoms with van der Waals surface area (Å²) in [6.07, 6.45) is 1.63. The third-order valence-electron chi connectivity index (χ3n) is 3.26. The van der Waals surface area contributed by atoms with E-state index in [4.69, 9.17) is 12.2 Å². The van der Waals surface area contributed by atoms with E-state index in [1.54, 1.807) is 6.21 Å². The van der Waals surface area contributed by atoms with E-state index in [0.29, 0.717) is 0 Å². The first kappa shape index (κ1) is 13.4. The lowest BCUT2D eigenvalue weighted by atomic mass is 10.0. The van der Waals surface area contributed by atoms with Crippen LogP contribution >= 0.6 is 24.0 Å². The molecule has 0 N–H and O–H groups in total. The Morgan fingerprint density at radius 2 is 2.00 bits per heavy atom. The summed E-state index contributed by atoms with van der Waals surface area (Å²) in [6, 6.07) is 9.61. The number of hydroxylamine groups is 1. The smallest absolute Gasteiger partial charge is 0.238 e. The zero-order chi connectivity index (χ0) is 13.3. The fourth-order valence-electron chi connectivity index (χ4n) is 1.84. The third-order valence-corrected chi connectivity index (χ3v) is 5.31. The predicted octanol–water partition coefficient (Wildman–Crippen LogP) is 2.68. The van der Waals surface area contributed by atoms with E-state index in [0.717, 1.165) is 14.6 Å². The highest BCUT2D eigenvalue weighted by Gasteiger charge is 2.48. The van der Waals surface area contributed by atoms with Crippen LogP contribution < -0.4 is 0 Å². The summed E-state index contributed by atoms with van der Waals surface area (Å²) in [5.41, 5.74) is 0.638. The van der Waals surface area contributed by atoms with Gasteiger partial charge in [-0.2, -0.15) is 4.74 Å². The van der Waals surface area contributed by atoms with Crippen LogP contribution in [0.4, 0.5) is 0 Å². The molecule has 1 aromatic rings. The van der Waals surface area contributed by atoms with Gasteiger partial charge in [-0.3, -0.25) is 0 Å². The van der Waals surface area contributed by atoms with Crippen LogP contribution in [-0.2, 0) is 0 Å². The van der Waals surface area contributed by atoms with Crippen molar-refractivity contribution in [2.75, 3.05) is 7.05 Å². The molecule has 1 saturated heterocycles. The van der Waals surface area contributed by atoms with E-state index in [1.165, 1.54) is 11.8 Å². The van der Waals surface area contributed by atoms with Crippen molar-refractivity contribution in [3.8, 4) is 0 Å². The standard InChI is InChI=1S/C13H16N2OS2/c1-13(2)11(18-12(17)14(13)3)15(16)9-10-7-5-4-6-8-10/h4-9,11H,1-3H3. The number of likely N-dealkylation sites (N-methyl/N-ethyl adjacent to an activating group) is 1. The maximum atomic E-state index is 12.3. The Morgan fingerprint density at radius 3 is 2.50 bits per heavy atom. The van der Waals surface area contributed by atoms with Gasteiger partial charge in [-0.05, 0) is 37.7 Å². The van der Waals surface area contributed by atoms with Crippen LogP contribution in [0.2, 0.25) is 0 Å². The maximum Gasteiger partial charge on any atom is 0.238 e. The van der Waals surface area contributed by atoms with Gasteiger partial charge in [0.25, 0.3) is 0 Å². The SMILES string of the molecule is CN1C(=S)SC([N+]([O-])=Cc2ccccc2)C1(C)C. The Labute approximate surface area is 117 Å². The summed E-state index contributed by atoms with van der Waals surface area (Å²) < 4.78 is 1.78. The van der Waals surface area contributed by atoms with E-state index in [2.05, 4.69) is 0 Å². The fourth-order valence-corrected chi connectivity index (χ4v) is 3.54. The van der Waals surface area contributed by atoms with Gasteiger partial charge in [-0.25, -0.2) is 0 Å². The first-order valence-electron chi connectivity index (χ1n) is 5.73. The average molecular weight is 280 g/mol. The first-order valence-corrected chi connectivity index (χ1v) is 7.01. The topological polar surface area (TPSA) is 29.3 Å². The van der Waals surface area contributed by atoms with Gasteiger partial charge in [-0.15, -0.1) is 0 Å². The predicted molar refractivity (Wildman–Crippen MR) is 81.1 cm³/mol. The van der Waals surface area contributed by atoms with Crippen molar-refractivity contribution in [1.82, 2.24) is 4.90 Å². The highest BCUT2D eigenvalue weighted by atomic mass is 32.2. The monoisotopic (exact) mass is 280 g/mol. The largest absolute Gasteiger partial charge is 0.623 e. The molecule has 1 aliphatic heterocycles. The quantitative estimate of drug-likeness (QED) is 0.274. The number of benzene rings is 1. The zero-order valence-corrected chi connectivity index (χ0v) is 12.3. The lowest BCUT2D eigenvalue weighted by Gasteiger charge is -2.30. The molecule has 0 spiro atoms. The van der Waals surface area contributed by atoms with Crippen LogP contribution in [0.25, 0.3) is 0 Å². The molecule has 1 atom stereocenters. The van der Waals surface area contributed by atoms with Crippen molar-refractivity contribution in [2.45, 2.75) is 24.8 Å². The summed E-state index contributed by atoms with van der Waals surface area (Å²) in [4.78, 5) is 1.99. The molecule has 1 unspecified atom stereocenters. The number of thiocarbonyl (C=S) groups is 1. The zero-order valence-electron chi connectivity index (χ0n) is 10.7. The van der Waals surface area contributed by atoms with Gasteiger partial charge in [0, 0.05) is 12.6 Å². The molecule has 0 saturated carbocycles. The Bertz CT molecular complexity index is 485. The number of hydrogen-bond donors (Lipinski definition) is 0. The van der Waals surface area contributed by atoms with Gasteiger partial charge >= 0.3 is 0 Å². The van der Waals surface area contributed by atoms with E-state index in [1.807, 2.05) is 56.1 Å². The van der Waals surface area contributed by atoms with E-state index in [9.17, 15) is 5.21 Å². The summed E-state index contributed by atoms with van der Waals surface area (Å²) in [5.74, 6) is 0. The number of hydrogen-bond acceptors (Lipinski definition) is 3. The molecular formula is C13H16N2OS2. The van der Waals surface area contributed by atoms with Crippen LogP contribution in [0.5, 0.6) is 0 Å². The molecule has 1 heterocycles. The van der Waals surface area contributed by atoms with Gasteiger partial charge < -0.3 is 10.1 Å². The molecule has 0 bridgehead atoms. The second-order valence-electron chi connectivity index (χ2n) is 4.85. The molecule has 96 valence electrons. The summed E-state index contributed by atoms with van der Waals surface area (Å²) in [5, 5.41) is 12.1. The fraction of sp³-hybridized carbons (Fsp3) is 0.385. The summed E-state index contributed by atoms with van der Waals surface area (Å²) in [6.45, 7) is 4.07. The Morgan fingerprint density at radius 1 is 1.39 bits per heavy atom. The molecule has 0 aliphatic carbocycles. The minimum Gasteiger partial charge on any atom is -0.623 e. The van der Waals surface area contributed by atoms with E-state index in [-0.39, 0.29) is 10.9 Å². The van der Waals surface area contributed by atoms with Crippen LogP contribution in [-0.4, -0.2) is 38.1 Å². The van der Waals surface area contributed by atoms with Gasteiger partial charge in [0.05, 0.1) is 0 Å². The van der Waals surface area contributed by atoms with Crippen molar-refractivity contribution in [2.24, 2.45) is 0 Å². The molecule has 0 radical (unpaired) electrons. The summed E-state index contributed by atoms with van der Waals surface area (Å²) >= 11 is 6.71. The Hall–Kier alpha value is -1.07. The van der Waals surface area contributed by atoms with Crippen molar-refractivity contribution in [3.05, 3.63) is 41.1 Å². The minimum atomic E-state index is -0.269. The maximum absolute atomic E-state index is 12.3. The normalized spacial score (nSPS) is 23.5. The second-order valence-corrected chi connectivity index (χ2v) is 6.56. The molecule has 5 heteroatoms. The first-order chi connectivity index (χ1) is 8.43. The second kappa shape index (κ2) is 4.90. The lowest BCUT2D eigenvalue weighted by molar-refractivity contribution is -0.480. The van der Waals surface area contributed by atoms with Crippen molar-refractivity contribution >= 4 is 34.5 Å². The third kappa shape index (κ3) is 2.37. The van der Waals surface area contributed by atoms with Crippen LogP contribution in [0.1, 0.15) is 19.4 Å². The van der Waals surface area contributed by atoms with Gasteiger partial charge in [0.15, 0.2) is 6.21 Å². The minimum absolute atomic E-state index is 0.213. The molecule has 1 aliphatic rings. The van der Waals surface area contributed by atoms with Gasteiger partial charge in [-0.1, -0.05) is 30.4 Å². The molecule has 3 nitrogen and oxygen atoms in total. The number of nitrogens with zero attached hydrogens (tertiary/aromatic N) is 2. The van der Waals surface area contributed by atoms with Crippen LogP contribution in [0.3, 0.4) is 0 Å². The highest BCUT2D eigenvalue weighted by molar-refractivity contribution is 8.23. The van der Waals surface area contributed by atoms with Gasteiger partial charge in [0.2, 0.25) is 5.37 Å². The number of thioether (sulfide) groups is 1. The highest BCUT2D eigenvalue weighted by Crippen LogP contribution is 2.38. The number of rotatable bonds is 2. The molecule has 1 aromatic carbocycles. The lowest BCUT2D eigenvalue weighted by Crippen LogP contribution is -2.47. The molecule has 18 heavy (non-hydrogen) atoms. The Kier molecular flexibility index (Phi) is 3.64. The molecule has 0 amide bonds.